The molecule has 28 rings (SSSR count). The number of nitrogens with zero attached hydrogens (tertiary/aromatic N) is 6. The van der Waals surface area contributed by atoms with Gasteiger partial charge in [0.25, 0.3) is 0 Å². The van der Waals surface area contributed by atoms with E-state index in [-0.39, 0.29) is 0 Å². The number of fused-ring (bicyclic) bond motifs is 30. The minimum Gasteiger partial charge on any atom is -0.456 e. The van der Waals surface area contributed by atoms with Crippen molar-refractivity contribution in [1.82, 2.24) is 30.1 Å². The van der Waals surface area contributed by atoms with E-state index in [0.717, 1.165) is 201 Å². The van der Waals surface area contributed by atoms with Crippen LogP contribution >= 0.6 is 0 Å². The van der Waals surface area contributed by atoms with Crippen LogP contribution in [0, 0.1) is 0 Å². The Morgan fingerprint density at radius 3 is 1.05 bits per heavy atom. The molecule has 0 amide bonds. The fourth-order valence-corrected chi connectivity index (χ4v) is 23.3. The molecule has 0 fully saturated rings. The van der Waals surface area contributed by atoms with Crippen LogP contribution in [0.15, 0.2) is 437 Å². The highest BCUT2D eigenvalue weighted by molar-refractivity contribution is 6.06. The van der Waals surface area contributed by atoms with Crippen LogP contribution in [-0.2, 0) is 16.2 Å². The van der Waals surface area contributed by atoms with Crippen LogP contribution in [0.5, 0.6) is 34.5 Å². The molecule has 3 aliphatic heterocycles. The predicted octanol–water partition coefficient (Wildman–Crippen LogP) is 29.9. The van der Waals surface area contributed by atoms with Gasteiger partial charge in [-0.1, -0.05) is 364 Å². The summed E-state index contributed by atoms with van der Waals surface area (Å²) in [5.74, 6) is 5.79. The maximum absolute atomic E-state index is 7.39. The third-order valence-electron chi connectivity index (χ3n) is 28.7. The van der Waals surface area contributed by atoms with Crippen molar-refractivity contribution < 1.29 is 14.2 Å². The van der Waals surface area contributed by atoms with Gasteiger partial charge in [-0.25, -0.2) is 19.9 Å². The van der Waals surface area contributed by atoms with Crippen molar-refractivity contribution in [2.24, 2.45) is 0 Å². The highest BCUT2D eigenvalue weighted by Gasteiger charge is 2.56. The second-order valence-corrected chi connectivity index (χ2v) is 35.1. The molecule has 0 bridgehead atoms. The van der Waals surface area contributed by atoms with E-state index < -0.39 is 16.2 Å². The van der Waals surface area contributed by atoms with Gasteiger partial charge in [-0.2, -0.15) is 0 Å². The van der Waals surface area contributed by atoms with Crippen molar-refractivity contribution in [3.63, 3.8) is 0 Å². The third kappa shape index (κ3) is 10.3. The average Bonchev–Trinajstić information content (AvgIpc) is 1.52. The van der Waals surface area contributed by atoms with E-state index in [1.165, 1.54) is 50.1 Å². The van der Waals surface area contributed by atoms with Crippen molar-refractivity contribution >= 4 is 32.6 Å². The van der Waals surface area contributed by atoms with Crippen molar-refractivity contribution in [2.45, 2.75) is 16.2 Å². The van der Waals surface area contributed by atoms with Crippen LogP contribution in [0.25, 0.3) is 167 Å². The summed E-state index contributed by atoms with van der Waals surface area (Å²) in [4.78, 5) is 22.1. The number of hydrogen-bond donors (Lipinski definition) is 0. The first-order chi connectivity index (χ1) is 65.4. The van der Waals surface area contributed by atoms with E-state index in [0.29, 0.717) is 17.4 Å². The number of benzene rings is 19. The Balaban J connectivity index is 0.517. The molecular weight excluding hydrogens is 1610 g/mol. The molecule has 6 heterocycles. The molecule has 132 heavy (non-hydrogen) atoms. The van der Waals surface area contributed by atoms with Gasteiger partial charge in [-0.15, -0.1) is 10.2 Å². The Hall–Kier alpha value is -17.4. The van der Waals surface area contributed by atoms with Crippen molar-refractivity contribution in [3.05, 3.63) is 504 Å². The van der Waals surface area contributed by atoms with Gasteiger partial charge >= 0.3 is 0 Å². The fraction of sp³-hybridized carbons (Fsp3) is 0.0244. The Bertz CT molecular complexity index is 8690. The highest BCUT2D eigenvalue weighted by atomic mass is 16.5. The number of hydrogen-bond acceptors (Lipinski definition) is 9. The lowest BCUT2D eigenvalue weighted by Gasteiger charge is -2.40. The molecular formula is C123H72N6O3. The molecule has 3 aliphatic carbocycles. The van der Waals surface area contributed by atoms with E-state index in [1.54, 1.807) is 0 Å². The molecule has 3 spiro atoms. The van der Waals surface area contributed by atoms with E-state index in [2.05, 4.69) is 437 Å². The molecule has 0 N–H and O–H groups in total. The largest absolute Gasteiger partial charge is 0.456 e. The average molecular weight is 1680 g/mol. The maximum atomic E-state index is 7.39. The molecule has 612 valence electrons. The van der Waals surface area contributed by atoms with E-state index in [1.807, 2.05) is 0 Å². The van der Waals surface area contributed by atoms with Crippen molar-refractivity contribution in [1.29, 1.82) is 0 Å². The Labute approximate surface area is 760 Å². The summed E-state index contributed by atoms with van der Waals surface area (Å²) < 4.78 is 21.8. The molecule has 2 unspecified atom stereocenters. The smallest absolute Gasteiger partial charge is 0.164 e. The summed E-state index contributed by atoms with van der Waals surface area (Å²) >= 11 is 0. The maximum Gasteiger partial charge on any atom is 0.164 e. The Morgan fingerprint density at radius 1 is 0.182 bits per heavy atom. The zero-order chi connectivity index (χ0) is 86.5. The van der Waals surface area contributed by atoms with E-state index in [4.69, 9.17) is 44.3 Å². The molecule has 6 aliphatic rings. The summed E-state index contributed by atoms with van der Waals surface area (Å²) in [7, 11) is 0. The first-order valence-corrected chi connectivity index (χ1v) is 45.0. The Kier molecular flexibility index (Phi) is 15.8. The first-order valence-electron chi connectivity index (χ1n) is 45.0. The number of para-hydroxylation sites is 8. The minimum absolute atomic E-state index is 0.564. The van der Waals surface area contributed by atoms with Gasteiger partial charge in [0.1, 0.15) is 34.5 Å². The monoisotopic (exact) mass is 1680 g/mol. The second kappa shape index (κ2) is 28.3. The lowest BCUT2D eigenvalue weighted by Crippen LogP contribution is -2.32. The highest BCUT2D eigenvalue weighted by Crippen LogP contribution is 2.69. The number of rotatable bonds is 9. The molecule has 3 aromatic heterocycles. The summed E-state index contributed by atoms with van der Waals surface area (Å²) in [5.41, 5.74) is 35.4. The van der Waals surface area contributed by atoms with Gasteiger partial charge in [0.15, 0.2) is 11.6 Å². The molecule has 19 aromatic carbocycles. The minimum atomic E-state index is -0.817. The van der Waals surface area contributed by atoms with Crippen LogP contribution in [0.4, 0.5) is 0 Å². The SMILES string of the molecule is c1cc(-c2ccc(-c3cccc4c3Oc3ccccc3C43c4ccccc4-c4ccccc43)nn2)cc(-c2cccc3c2-c2ccccc2C32c3ccccc3Oc3c(-c4nc(-c5ccc(-c6cccc(-c7cccc8c7-c7ccccc7C87c8ccccc8Oc8c(-c9nc(-c%10cccc%11ccccc%10%11)c%10ccccc%10n9)cccc87)c6)cc5)c5ccccc5n4)cccc32)c1. The van der Waals surface area contributed by atoms with Gasteiger partial charge in [-0.05, 0) is 184 Å². The Morgan fingerprint density at radius 2 is 0.515 bits per heavy atom. The van der Waals surface area contributed by atoms with Gasteiger partial charge < -0.3 is 14.2 Å². The lowest BCUT2D eigenvalue weighted by atomic mass is 9.65. The number of aromatic nitrogens is 6. The van der Waals surface area contributed by atoms with Crippen molar-refractivity contribution in [2.75, 3.05) is 0 Å². The molecule has 2 atom stereocenters. The van der Waals surface area contributed by atoms with Gasteiger partial charge in [0.2, 0.25) is 0 Å². The topological polar surface area (TPSA) is 105 Å². The summed E-state index contributed by atoms with van der Waals surface area (Å²) in [6, 6.07) is 157. The third-order valence-corrected chi connectivity index (χ3v) is 28.7. The summed E-state index contributed by atoms with van der Waals surface area (Å²) in [5, 5.41) is 14.3. The van der Waals surface area contributed by atoms with Crippen molar-refractivity contribution in [3.8, 4) is 169 Å². The lowest BCUT2D eigenvalue weighted by molar-refractivity contribution is 0.437. The van der Waals surface area contributed by atoms with Crippen LogP contribution in [0.1, 0.15) is 66.8 Å². The normalized spacial score (nSPS) is 15.3. The van der Waals surface area contributed by atoms with Crippen LogP contribution in [-0.4, -0.2) is 30.1 Å². The zero-order valence-corrected chi connectivity index (χ0v) is 71.0. The van der Waals surface area contributed by atoms with Gasteiger partial charge in [0.05, 0.1) is 61.2 Å². The quantitative estimate of drug-likeness (QED) is 0.140. The second-order valence-electron chi connectivity index (χ2n) is 35.1. The van der Waals surface area contributed by atoms with Crippen LogP contribution < -0.4 is 14.2 Å². The van der Waals surface area contributed by atoms with Crippen LogP contribution in [0.2, 0.25) is 0 Å². The molecule has 0 saturated heterocycles. The molecule has 9 heteroatoms. The fourth-order valence-electron chi connectivity index (χ4n) is 23.3. The van der Waals surface area contributed by atoms with Gasteiger partial charge in [0, 0.05) is 66.4 Å². The molecule has 0 saturated carbocycles. The molecule has 9 nitrogen and oxygen atoms in total. The first kappa shape index (κ1) is 73.8. The predicted molar refractivity (Wildman–Crippen MR) is 527 cm³/mol. The standard InChI is InChI=1S/C123H72N6O3/c1-2-35-80-74(29-1)30-23-44-85(80)115-89-41-8-17-61-107(89)125-120(127-115)92-47-28-59-104-118(92)132-111-64-20-15-54-99(111)122(104)95-50-11-5-38-86(95)112-81(42-24-55-100(112)122)77-32-21-31-76(71-77)73-65-67-75(68-66-73)114-88-40-7-16-60-106(88)124-119(126-114)91-46-27-58-103-117(91)131-110-63-19-14-53-98(110)123(103)96-51-12-6-39-87(96)113-82(43-25-56-101(113)123)78-33-22-34-79(72-78)105-69-70-108(129-128-105)90-45-26-57-102-116(90)130-109-62-18-13-52-97(109)121(102)93-48-9-3-36-83(93)84-37-4-10-49-94(84)121/h1-72H. The molecule has 0 radical (unpaired) electrons. The van der Waals surface area contributed by atoms with Gasteiger partial charge in [-0.3, -0.25) is 0 Å². The summed E-state index contributed by atoms with van der Waals surface area (Å²) in [6.07, 6.45) is 0. The van der Waals surface area contributed by atoms with E-state index >= 15 is 0 Å². The summed E-state index contributed by atoms with van der Waals surface area (Å²) in [6.45, 7) is 0. The van der Waals surface area contributed by atoms with Crippen LogP contribution in [0.3, 0.4) is 0 Å². The number of ether oxygens (including phenoxy) is 3. The molecule has 22 aromatic rings. The zero-order valence-electron chi connectivity index (χ0n) is 71.0. The van der Waals surface area contributed by atoms with E-state index in [9.17, 15) is 0 Å².